The number of rotatable bonds is 7. The molecule has 4 aromatic rings. The van der Waals surface area contributed by atoms with Crippen molar-refractivity contribution in [1.29, 1.82) is 0 Å². The van der Waals surface area contributed by atoms with E-state index in [1.165, 1.54) is 0 Å². The Labute approximate surface area is 222 Å². The molecule has 7 heteroatoms. The highest BCUT2D eigenvalue weighted by molar-refractivity contribution is 5.95. The number of likely N-dealkylation sites (tertiary alicyclic amines) is 1. The molecule has 0 spiro atoms. The van der Waals surface area contributed by atoms with Crippen LogP contribution in [0.15, 0.2) is 79.0 Å². The number of hydrogen-bond acceptors (Lipinski definition) is 4. The molecule has 38 heavy (non-hydrogen) atoms. The molecule has 3 aromatic carbocycles. The van der Waals surface area contributed by atoms with Crippen molar-refractivity contribution in [2.45, 2.75) is 19.4 Å². The molecule has 7 nitrogen and oxygen atoms in total. The van der Waals surface area contributed by atoms with Gasteiger partial charge >= 0.3 is 5.97 Å². The number of aromatic nitrogens is 2. The Morgan fingerprint density at radius 1 is 1.00 bits per heavy atom. The SMILES string of the molecule is CN1CCC(C(=O)N(Cc2ccc(-c3ccc4c(cnn4C)c3)cc2)c2cccc(C=CC(=O)O)c2)CC1. The molecule has 194 valence electrons. The van der Waals surface area contributed by atoms with Crippen LogP contribution in [0.1, 0.15) is 24.0 Å². The lowest BCUT2D eigenvalue weighted by Gasteiger charge is -2.33. The van der Waals surface area contributed by atoms with Gasteiger partial charge in [-0.25, -0.2) is 4.79 Å². The van der Waals surface area contributed by atoms with Gasteiger partial charge in [-0.1, -0.05) is 42.5 Å². The van der Waals surface area contributed by atoms with E-state index >= 15 is 0 Å². The van der Waals surface area contributed by atoms with Crippen molar-refractivity contribution in [2.24, 2.45) is 13.0 Å². The van der Waals surface area contributed by atoms with Gasteiger partial charge in [0.1, 0.15) is 0 Å². The molecule has 2 heterocycles. The molecule has 1 amide bonds. The first-order valence-electron chi connectivity index (χ1n) is 12.9. The second kappa shape index (κ2) is 11.0. The Bertz CT molecular complexity index is 1480. The van der Waals surface area contributed by atoms with E-state index in [1.807, 2.05) is 47.1 Å². The van der Waals surface area contributed by atoms with Gasteiger partial charge in [-0.05, 0) is 85.6 Å². The topological polar surface area (TPSA) is 78.7 Å². The van der Waals surface area contributed by atoms with Gasteiger partial charge in [-0.15, -0.1) is 0 Å². The number of nitrogens with zero attached hydrogens (tertiary/aromatic N) is 4. The predicted octanol–water partition coefficient (Wildman–Crippen LogP) is 5.21. The quantitative estimate of drug-likeness (QED) is 0.347. The summed E-state index contributed by atoms with van der Waals surface area (Å²) in [4.78, 5) is 28.9. The third-order valence-electron chi connectivity index (χ3n) is 7.31. The maximum atomic E-state index is 13.8. The Balaban J connectivity index is 1.41. The largest absolute Gasteiger partial charge is 0.478 e. The number of anilines is 1. The molecule has 1 aliphatic rings. The average Bonchev–Trinajstić information content (AvgIpc) is 3.31. The summed E-state index contributed by atoms with van der Waals surface area (Å²) in [6, 6.07) is 22.2. The third-order valence-corrected chi connectivity index (χ3v) is 7.31. The fourth-order valence-corrected chi connectivity index (χ4v) is 5.06. The monoisotopic (exact) mass is 508 g/mol. The van der Waals surface area contributed by atoms with Crippen LogP contribution in [-0.2, 0) is 23.2 Å². The standard InChI is InChI=1S/C31H32N4O3/c1-33-16-14-25(15-17-33)31(38)35(28-5-3-4-22(18-28)8-13-30(36)37)21-23-6-9-24(10-7-23)26-11-12-29-27(19-26)20-32-34(29)2/h3-13,18-20,25H,14-17,21H2,1-2H3,(H,36,37). The van der Waals surface area contributed by atoms with Gasteiger partial charge < -0.3 is 14.9 Å². The first kappa shape index (κ1) is 25.4. The van der Waals surface area contributed by atoms with Gasteiger partial charge in [0.25, 0.3) is 0 Å². The van der Waals surface area contributed by atoms with Gasteiger partial charge in [0, 0.05) is 30.1 Å². The van der Waals surface area contributed by atoms with E-state index in [4.69, 9.17) is 5.11 Å². The minimum absolute atomic E-state index is 0.0325. The van der Waals surface area contributed by atoms with Crippen molar-refractivity contribution < 1.29 is 14.7 Å². The van der Waals surface area contributed by atoms with Crippen LogP contribution in [0.3, 0.4) is 0 Å². The number of carboxylic acids is 1. The summed E-state index contributed by atoms with van der Waals surface area (Å²) in [6.45, 7) is 2.25. The minimum atomic E-state index is -1.00. The highest BCUT2D eigenvalue weighted by Crippen LogP contribution is 2.28. The van der Waals surface area contributed by atoms with E-state index in [-0.39, 0.29) is 11.8 Å². The van der Waals surface area contributed by atoms with Crippen LogP contribution < -0.4 is 4.90 Å². The number of carboxylic acid groups (broad SMARTS) is 1. The number of hydrogen-bond donors (Lipinski definition) is 1. The van der Waals surface area contributed by atoms with Crippen LogP contribution >= 0.6 is 0 Å². The van der Waals surface area contributed by atoms with Crippen molar-refractivity contribution in [2.75, 3.05) is 25.0 Å². The summed E-state index contributed by atoms with van der Waals surface area (Å²) in [7, 11) is 4.03. The zero-order valence-electron chi connectivity index (χ0n) is 21.7. The molecule has 1 aromatic heterocycles. The number of fused-ring (bicyclic) bond motifs is 1. The third kappa shape index (κ3) is 5.68. The zero-order chi connectivity index (χ0) is 26.6. The fraction of sp³-hybridized carbons (Fsp3) is 0.258. The van der Waals surface area contributed by atoms with E-state index in [0.717, 1.165) is 70.9 Å². The fourth-order valence-electron chi connectivity index (χ4n) is 5.06. The first-order chi connectivity index (χ1) is 18.4. The number of amides is 1. The maximum absolute atomic E-state index is 13.8. The second-order valence-electron chi connectivity index (χ2n) is 10.0. The molecule has 1 N–H and O–H groups in total. The lowest BCUT2D eigenvalue weighted by atomic mass is 9.95. The summed E-state index contributed by atoms with van der Waals surface area (Å²) in [5, 5.41) is 14.5. The summed E-state index contributed by atoms with van der Waals surface area (Å²) in [6.07, 6.45) is 6.21. The van der Waals surface area contributed by atoms with Gasteiger partial charge in [-0.3, -0.25) is 9.48 Å². The maximum Gasteiger partial charge on any atom is 0.328 e. The lowest BCUT2D eigenvalue weighted by Crippen LogP contribution is -2.41. The summed E-state index contributed by atoms with van der Waals surface area (Å²) < 4.78 is 1.87. The van der Waals surface area contributed by atoms with E-state index in [0.29, 0.717) is 6.54 Å². The van der Waals surface area contributed by atoms with Crippen molar-refractivity contribution >= 4 is 34.5 Å². The average molecular weight is 509 g/mol. The minimum Gasteiger partial charge on any atom is -0.478 e. The number of aryl methyl sites for hydroxylation is 1. The van der Waals surface area contributed by atoms with Crippen LogP contribution in [0.2, 0.25) is 0 Å². The number of aliphatic carboxylic acids is 1. The Morgan fingerprint density at radius 3 is 2.47 bits per heavy atom. The highest BCUT2D eigenvalue weighted by atomic mass is 16.4. The molecule has 1 aliphatic heterocycles. The molecule has 0 bridgehead atoms. The van der Waals surface area contributed by atoms with E-state index in [1.54, 1.807) is 6.08 Å². The molecule has 1 saturated heterocycles. The van der Waals surface area contributed by atoms with Crippen molar-refractivity contribution in [3.8, 4) is 11.1 Å². The molecule has 5 rings (SSSR count). The van der Waals surface area contributed by atoms with Crippen LogP contribution in [0, 0.1) is 5.92 Å². The first-order valence-corrected chi connectivity index (χ1v) is 12.9. The molecule has 0 radical (unpaired) electrons. The summed E-state index contributed by atoms with van der Waals surface area (Å²) in [5.74, 6) is -0.920. The molecule has 0 aliphatic carbocycles. The van der Waals surface area contributed by atoms with Gasteiger partial charge in [0.05, 0.1) is 18.3 Å². The number of carbonyl (C=O) groups is 2. The second-order valence-corrected chi connectivity index (χ2v) is 10.0. The van der Waals surface area contributed by atoms with Crippen LogP contribution in [0.4, 0.5) is 5.69 Å². The molecular weight excluding hydrogens is 476 g/mol. The van der Waals surface area contributed by atoms with Gasteiger partial charge in [0.15, 0.2) is 0 Å². The van der Waals surface area contributed by atoms with Crippen LogP contribution in [0.25, 0.3) is 28.1 Å². The van der Waals surface area contributed by atoms with Crippen LogP contribution in [0.5, 0.6) is 0 Å². The molecule has 1 fully saturated rings. The molecule has 0 atom stereocenters. The zero-order valence-corrected chi connectivity index (χ0v) is 21.7. The van der Waals surface area contributed by atoms with E-state index < -0.39 is 5.97 Å². The highest BCUT2D eigenvalue weighted by Gasteiger charge is 2.28. The number of benzene rings is 3. The molecule has 0 saturated carbocycles. The summed E-state index contributed by atoms with van der Waals surface area (Å²) in [5.41, 5.74) is 5.86. The smallest absolute Gasteiger partial charge is 0.328 e. The van der Waals surface area contributed by atoms with Crippen molar-refractivity contribution in [1.82, 2.24) is 14.7 Å². The summed E-state index contributed by atoms with van der Waals surface area (Å²) >= 11 is 0. The number of carbonyl (C=O) groups excluding carboxylic acids is 1. The van der Waals surface area contributed by atoms with E-state index in [9.17, 15) is 9.59 Å². The van der Waals surface area contributed by atoms with E-state index in [2.05, 4.69) is 59.5 Å². The molecular formula is C31H32N4O3. The van der Waals surface area contributed by atoms with Crippen LogP contribution in [-0.4, -0.2) is 51.8 Å². The Kier molecular flexibility index (Phi) is 7.38. The lowest BCUT2D eigenvalue weighted by molar-refractivity contribution is -0.131. The normalized spacial score (nSPS) is 14.8. The van der Waals surface area contributed by atoms with Gasteiger partial charge in [-0.2, -0.15) is 5.10 Å². The predicted molar refractivity (Wildman–Crippen MR) is 151 cm³/mol. The Hall–Kier alpha value is -4.23. The number of piperidine rings is 1. The van der Waals surface area contributed by atoms with Crippen molar-refractivity contribution in [3.05, 3.63) is 90.1 Å². The van der Waals surface area contributed by atoms with Crippen molar-refractivity contribution in [3.63, 3.8) is 0 Å². The van der Waals surface area contributed by atoms with Gasteiger partial charge in [0.2, 0.25) is 5.91 Å². The Morgan fingerprint density at radius 2 is 1.74 bits per heavy atom. The molecule has 0 unspecified atom stereocenters.